The van der Waals surface area contributed by atoms with Gasteiger partial charge in [0.1, 0.15) is 5.75 Å². The van der Waals surface area contributed by atoms with Crippen LogP contribution in [0.5, 0.6) is 5.75 Å². The zero-order chi connectivity index (χ0) is 13.7. The molecule has 5 nitrogen and oxygen atoms in total. The second kappa shape index (κ2) is 6.04. The summed E-state index contributed by atoms with van der Waals surface area (Å²) < 4.78 is 5.17. The smallest absolute Gasteiger partial charge is 0.251 e. The van der Waals surface area contributed by atoms with Gasteiger partial charge in [0.2, 0.25) is 0 Å². The number of benzene rings is 1. The summed E-state index contributed by atoms with van der Waals surface area (Å²) in [5.41, 5.74) is 2.67. The minimum atomic E-state index is -0.0748. The first kappa shape index (κ1) is 13.1. The predicted molar refractivity (Wildman–Crippen MR) is 72.4 cm³/mol. The Morgan fingerprint density at radius 2 is 2.32 bits per heavy atom. The molecule has 2 aromatic rings. The number of rotatable bonds is 5. The van der Waals surface area contributed by atoms with E-state index in [1.165, 1.54) is 0 Å². The Balaban J connectivity index is 1.91. The molecule has 0 bridgehead atoms. The van der Waals surface area contributed by atoms with Crippen molar-refractivity contribution in [3.63, 3.8) is 0 Å². The van der Waals surface area contributed by atoms with Crippen LogP contribution < -0.4 is 10.1 Å². The van der Waals surface area contributed by atoms with E-state index >= 15 is 0 Å². The molecule has 0 aliphatic heterocycles. The zero-order valence-corrected chi connectivity index (χ0v) is 11.1. The number of aromatic nitrogens is 2. The fraction of sp³-hybridized carbons (Fsp3) is 0.286. The maximum atomic E-state index is 11.9. The Bertz CT molecular complexity index is 550. The van der Waals surface area contributed by atoms with Crippen LogP contribution in [0.15, 0.2) is 30.6 Å². The fourth-order valence-corrected chi connectivity index (χ4v) is 1.86. The molecule has 0 fully saturated rings. The van der Waals surface area contributed by atoms with Crippen molar-refractivity contribution in [3.8, 4) is 5.75 Å². The van der Waals surface area contributed by atoms with E-state index in [9.17, 15) is 4.79 Å². The van der Waals surface area contributed by atoms with Crippen molar-refractivity contribution in [1.82, 2.24) is 15.5 Å². The standard InChI is InChI=1S/C14H17N3O2/c1-10-7-12(3-4-13(10)19-2)14(18)15-6-5-11-8-16-17-9-11/h3-4,7-9H,5-6H2,1-2H3,(H,15,18)(H,16,17). The summed E-state index contributed by atoms with van der Waals surface area (Å²) in [6.45, 7) is 2.50. The molecule has 0 saturated carbocycles. The van der Waals surface area contributed by atoms with Crippen molar-refractivity contribution in [2.45, 2.75) is 13.3 Å². The number of carbonyl (C=O) groups is 1. The van der Waals surface area contributed by atoms with Crippen molar-refractivity contribution >= 4 is 5.91 Å². The third-order valence-corrected chi connectivity index (χ3v) is 2.91. The minimum Gasteiger partial charge on any atom is -0.496 e. The van der Waals surface area contributed by atoms with Crippen molar-refractivity contribution in [3.05, 3.63) is 47.3 Å². The lowest BCUT2D eigenvalue weighted by molar-refractivity contribution is 0.0954. The maximum Gasteiger partial charge on any atom is 0.251 e. The SMILES string of the molecule is COc1ccc(C(=O)NCCc2cn[nH]c2)cc1C. The van der Waals surface area contributed by atoms with E-state index in [-0.39, 0.29) is 5.91 Å². The van der Waals surface area contributed by atoms with Crippen molar-refractivity contribution in [1.29, 1.82) is 0 Å². The molecule has 1 heterocycles. The average molecular weight is 259 g/mol. The molecule has 0 unspecified atom stereocenters. The Morgan fingerprint density at radius 1 is 1.47 bits per heavy atom. The van der Waals surface area contributed by atoms with Gasteiger partial charge in [0, 0.05) is 18.3 Å². The van der Waals surface area contributed by atoms with Gasteiger partial charge in [-0.25, -0.2) is 0 Å². The van der Waals surface area contributed by atoms with Gasteiger partial charge >= 0.3 is 0 Å². The summed E-state index contributed by atoms with van der Waals surface area (Å²) >= 11 is 0. The number of hydrogen-bond acceptors (Lipinski definition) is 3. The molecule has 5 heteroatoms. The average Bonchev–Trinajstić information content (AvgIpc) is 2.91. The van der Waals surface area contributed by atoms with E-state index in [2.05, 4.69) is 15.5 Å². The first-order chi connectivity index (χ1) is 9.20. The number of ether oxygens (including phenoxy) is 1. The largest absolute Gasteiger partial charge is 0.496 e. The Kier molecular flexibility index (Phi) is 4.18. The third kappa shape index (κ3) is 3.34. The number of hydrogen-bond donors (Lipinski definition) is 2. The minimum absolute atomic E-state index is 0.0748. The topological polar surface area (TPSA) is 67.0 Å². The van der Waals surface area contributed by atoms with Gasteiger partial charge in [0.05, 0.1) is 13.3 Å². The van der Waals surface area contributed by atoms with Crippen LogP contribution in [0.25, 0.3) is 0 Å². The first-order valence-electron chi connectivity index (χ1n) is 6.11. The number of nitrogens with one attached hydrogen (secondary N) is 2. The number of H-pyrrole nitrogens is 1. The molecule has 0 saturated heterocycles. The van der Waals surface area contributed by atoms with Crippen LogP contribution in [0.4, 0.5) is 0 Å². The van der Waals surface area contributed by atoms with E-state index in [1.807, 2.05) is 19.2 Å². The number of aromatic amines is 1. The fourth-order valence-electron chi connectivity index (χ4n) is 1.86. The van der Waals surface area contributed by atoms with Gasteiger partial charge in [0.25, 0.3) is 5.91 Å². The van der Waals surface area contributed by atoms with E-state index in [0.717, 1.165) is 23.3 Å². The molecule has 1 aromatic carbocycles. The molecule has 1 aromatic heterocycles. The Hall–Kier alpha value is -2.30. The van der Waals surface area contributed by atoms with E-state index in [4.69, 9.17) is 4.74 Å². The summed E-state index contributed by atoms with van der Waals surface area (Å²) in [4.78, 5) is 11.9. The first-order valence-corrected chi connectivity index (χ1v) is 6.11. The Labute approximate surface area is 112 Å². The van der Waals surface area contributed by atoms with Gasteiger partial charge in [-0.3, -0.25) is 9.89 Å². The number of amides is 1. The molecule has 0 atom stereocenters. The summed E-state index contributed by atoms with van der Waals surface area (Å²) in [5, 5.41) is 9.48. The molecule has 19 heavy (non-hydrogen) atoms. The number of carbonyl (C=O) groups excluding carboxylic acids is 1. The predicted octanol–water partition coefficient (Wildman–Crippen LogP) is 1.70. The molecule has 0 aliphatic rings. The van der Waals surface area contributed by atoms with Gasteiger partial charge < -0.3 is 10.1 Å². The van der Waals surface area contributed by atoms with E-state index in [1.54, 1.807) is 25.4 Å². The van der Waals surface area contributed by atoms with Gasteiger partial charge in [-0.15, -0.1) is 0 Å². The highest BCUT2D eigenvalue weighted by molar-refractivity contribution is 5.94. The third-order valence-electron chi connectivity index (χ3n) is 2.91. The molecule has 0 aliphatic carbocycles. The van der Waals surface area contributed by atoms with Crippen molar-refractivity contribution in [2.75, 3.05) is 13.7 Å². The van der Waals surface area contributed by atoms with Gasteiger partial charge in [-0.2, -0.15) is 5.10 Å². The van der Waals surface area contributed by atoms with Crippen molar-refractivity contribution < 1.29 is 9.53 Å². The lowest BCUT2D eigenvalue weighted by Gasteiger charge is -2.08. The quantitative estimate of drug-likeness (QED) is 0.858. The lowest BCUT2D eigenvalue weighted by Crippen LogP contribution is -2.25. The molecule has 1 amide bonds. The highest BCUT2D eigenvalue weighted by atomic mass is 16.5. The van der Waals surface area contributed by atoms with Gasteiger partial charge in [-0.05, 0) is 42.7 Å². The monoisotopic (exact) mass is 259 g/mol. The van der Waals surface area contributed by atoms with Gasteiger partial charge in [-0.1, -0.05) is 0 Å². The van der Waals surface area contributed by atoms with Crippen LogP contribution in [-0.2, 0) is 6.42 Å². The summed E-state index contributed by atoms with van der Waals surface area (Å²) in [6, 6.07) is 5.39. The zero-order valence-electron chi connectivity index (χ0n) is 11.1. The molecule has 0 radical (unpaired) electrons. The maximum absolute atomic E-state index is 11.9. The van der Waals surface area contributed by atoms with Crippen LogP contribution in [0.1, 0.15) is 21.5 Å². The molecule has 100 valence electrons. The molecule has 0 spiro atoms. The van der Waals surface area contributed by atoms with Crippen LogP contribution in [0.2, 0.25) is 0 Å². The number of aryl methyl sites for hydroxylation is 1. The van der Waals surface area contributed by atoms with Gasteiger partial charge in [0.15, 0.2) is 0 Å². The summed E-state index contributed by atoms with van der Waals surface area (Å²) in [6.07, 6.45) is 4.34. The summed E-state index contributed by atoms with van der Waals surface area (Å²) in [5.74, 6) is 0.712. The highest BCUT2D eigenvalue weighted by Crippen LogP contribution is 2.18. The second-order valence-electron chi connectivity index (χ2n) is 4.30. The molecular formula is C14H17N3O2. The van der Waals surface area contributed by atoms with Crippen LogP contribution in [0.3, 0.4) is 0 Å². The highest BCUT2D eigenvalue weighted by Gasteiger charge is 2.07. The van der Waals surface area contributed by atoms with Crippen LogP contribution in [-0.4, -0.2) is 29.8 Å². The lowest BCUT2D eigenvalue weighted by atomic mass is 10.1. The normalized spacial score (nSPS) is 10.2. The molecular weight excluding hydrogens is 242 g/mol. The van der Waals surface area contributed by atoms with E-state index < -0.39 is 0 Å². The Morgan fingerprint density at radius 3 is 2.95 bits per heavy atom. The number of nitrogens with zero attached hydrogens (tertiary/aromatic N) is 1. The van der Waals surface area contributed by atoms with E-state index in [0.29, 0.717) is 12.1 Å². The number of methoxy groups -OCH3 is 1. The summed E-state index contributed by atoms with van der Waals surface area (Å²) in [7, 11) is 1.62. The van der Waals surface area contributed by atoms with Crippen molar-refractivity contribution in [2.24, 2.45) is 0 Å². The molecule has 2 N–H and O–H groups in total. The molecule has 2 rings (SSSR count). The van der Waals surface area contributed by atoms with Crippen LogP contribution in [0, 0.1) is 6.92 Å². The van der Waals surface area contributed by atoms with Crippen LogP contribution >= 0.6 is 0 Å². The second-order valence-corrected chi connectivity index (χ2v) is 4.30.